The van der Waals surface area contributed by atoms with E-state index in [0.29, 0.717) is 5.56 Å². The monoisotopic (exact) mass is 316 g/mol. The standard InChI is InChI=1S/C16H13FN2O4/c1-23-15-8-7-13(10-14(15)19(21)22)18-16(20)9-4-11-2-5-12(17)6-3-11/h2-10H,1H3,(H,18,20)/b9-4+. The van der Waals surface area contributed by atoms with Crippen LogP contribution in [0.4, 0.5) is 15.8 Å². The van der Waals surface area contributed by atoms with Gasteiger partial charge in [0, 0.05) is 17.8 Å². The van der Waals surface area contributed by atoms with Gasteiger partial charge < -0.3 is 10.1 Å². The van der Waals surface area contributed by atoms with E-state index in [4.69, 9.17) is 4.74 Å². The summed E-state index contributed by atoms with van der Waals surface area (Å²) >= 11 is 0. The minimum absolute atomic E-state index is 0.106. The number of amides is 1. The van der Waals surface area contributed by atoms with E-state index in [1.165, 1.54) is 61.7 Å². The molecule has 0 spiro atoms. The first-order valence-electron chi connectivity index (χ1n) is 6.56. The third-order valence-electron chi connectivity index (χ3n) is 2.94. The molecule has 0 saturated carbocycles. The number of nitro groups is 1. The summed E-state index contributed by atoms with van der Waals surface area (Å²) in [6.07, 6.45) is 2.76. The van der Waals surface area contributed by atoms with Crippen LogP contribution in [0.15, 0.2) is 48.5 Å². The molecule has 118 valence electrons. The molecule has 1 N–H and O–H groups in total. The van der Waals surface area contributed by atoms with Gasteiger partial charge in [-0.25, -0.2) is 4.39 Å². The predicted octanol–water partition coefficient (Wildman–Crippen LogP) is 3.39. The molecule has 0 aliphatic rings. The maximum Gasteiger partial charge on any atom is 0.312 e. The van der Waals surface area contributed by atoms with Crippen molar-refractivity contribution in [2.24, 2.45) is 0 Å². The Morgan fingerprint density at radius 2 is 1.96 bits per heavy atom. The van der Waals surface area contributed by atoms with Gasteiger partial charge in [-0.3, -0.25) is 14.9 Å². The van der Waals surface area contributed by atoms with Gasteiger partial charge in [-0.15, -0.1) is 0 Å². The molecule has 6 nitrogen and oxygen atoms in total. The lowest BCUT2D eigenvalue weighted by atomic mass is 10.2. The Hall–Kier alpha value is -3.22. The van der Waals surface area contributed by atoms with Crippen LogP contribution in [0.3, 0.4) is 0 Å². The van der Waals surface area contributed by atoms with Crippen molar-refractivity contribution in [3.8, 4) is 5.75 Å². The summed E-state index contributed by atoms with van der Waals surface area (Å²) in [5, 5.41) is 13.4. The molecule has 0 aliphatic carbocycles. The van der Waals surface area contributed by atoms with Gasteiger partial charge >= 0.3 is 5.69 Å². The molecular formula is C16H13FN2O4. The Morgan fingerprint density at radius 1 is 1.26 bits per heavy atom. The Labute approximate surface area is 131 Å². The van der Waals surface area contributed by atoms with Gasteiger partial charge in [-0.1, -0.05) is 12.1 Å². The predicted molar refractivity (Wildman–Crippen MR) is 83.7 cm³/mol. The highest BCUT2D eigenvalue weighted by atomic mass is 19.1. The Kier molecular flexibility index (Phi) is 5.03. The van der Waals surface area contributed by atoms with Crippen LogP contribution in [0.25, 0.3) is 6.08 Å². The highest BCUT2D eigenvalue weighted by Crippen LogP contribution is 2.29. The summed E-state index contributed by atoms with van der Waals surface area (Å²) in [6, 6.07) is 9.72. The summed E-state index contributed by atoms with van der Waals surface area (Å²) < 4.78 is 17.7. The van der Waals surface area contributed by atoms with Gasteiger partial charge in [0.1, 0.15) is 5.82 Å². The second kappa shape index (κ2) is 7.17. The SMILES string of the molecule is COc1ccc(NC(=O)/C=C/c2ccc(F)cc2)cc1[N+](=O)[O-]. The van der Waals surface area contributed by atoms with Gasteiger partial charge in [0.25, 0.3) is 0 Å². The Bertz CT molecular complexity index is 757. The third-order valence-corrected chi connectivity index (χ3v) is 2.94. The summed E-state index contributed by atoms with van der Waals surface area (Å²) in [5.74, 6) is -0.721. The molecule has 0 heterocycles. The lowest BCUT2D eigenvalue weighted by Crippen LogP contribution is -2.08. The first-order valence-corrected chi connectivity index (χ1v) is 6.56. The molecule has 0 aliphatic heterocycles. The molecule has 7 heteroatoms. The van der Waals surface area contributed by atoms with Crippen LogP contribution < -0.4 is 10.1 Å². The number of anilines is 1. The quantitative estimate of drug-likeness (QED) is 0.521. The fraction of sp³-hybridized carbons (Fsp3) is 0.0625. The summed E-state index contributed by atoms with van der Waals surface area (Å²) in [7, 11) is 1.33. The molecule has 0 atom stereocenters. The molecule has 0 radical (unpaired) electrons. The number of hydrogen-bond donors (Lipinski definition) is 1. The van der Waals surface area contributed by atoms with Crippen LogP contribution in [-0.2, 0) is 4.79 Å². The normalized spacial score (nSPS) is 10.5. The lowest BCUT2D eigenvalue weighted by Gasteiger charge is -2.05. The summed E-state index contributed by atoms with van der Waals surface area (Å²) in [6.45, 7) is 0. The lowest BCUT2D eigenvalue weighted by molar-refractivity contribution is -0.385. The van der Waals surface area contributed by atoms with Crippen molar-refractivity contribution < 1.29 is 18.8 Å². The van der Waals surface area contributed by atoms with E-state index >= 15 is 0 Å². The van der Waals surface area contributed by atoms with Crippen LogP contribution in [0, 0.1) is 15.9 Å². The largest absolute Gasteiger partial charge is 0.490 e. The van der Waals surface area contributed by atoms with E-state index in [1.54, 1.807) is 0 Å². The Morgan fingerprint density at radius 3 is 2.57 bits per heavy atom. The molecule has 23 heavy (non-hydrogen) atoms. The van der Waals surface area contributed by atoms with Crippen LogP contribution >= 0.6 is 0 Å². The maximum absolute atomic E-state index is 12.8. The van der Waals surface area contributed by atoms with Gasteiger partial charge in [-0.05, 0) is 35.9 Å². The smallest absolute Gasteiger partial charge is 0.312 e. The number of methoxy groups -OCH3 is 1. The van der Waals surface area contributed by atoms with Gasteiger partial charge in [-0.2, -0.15) is 0 Å². The minimum Gasteiger partial charge on any atom is -0.490 e. The number of benzene rings is 2. The fourth-order valence-corrected chi connectivity index (χ4v) is 1.84. The number of nitrogens with one attached hydrogen (secondary N) is 1. The highest BCUT2D eigenvalue weighted by molar-refractivity contribution is 6.02. The van der Waals surface area contributed by atoms with E-state index in [0.717, 1.165) is 0 Å². The first-order chi connectivity index (χ1) is 11.0. The highest BCUT2D eigenvalue weighted by Gasteiger charge is 2.15. The number of rotatable bonds is 5. The van der Waals surface area contributed by atoms with E-state index in [-0.39, 0.29) is 22.9 Å². The van der Waals surface area contributed by atoms with Gasteiger partial charge in [0.2, 0.25) is 5.91 Å². The topological polar surface area (TPSA) is 81.5 Å². The summed E-state index contributed by atoms with van der Waals surface area (Å²) in [5.41, 5.74) is 0.682. The zero-order valence-electron chi connectivity index (χ0n) is 12.2. The molecule has 0 aromatic heterocycles. The number of nitrogens with zero attached hydrogens (tertiary/aromatic N) is 1. The maximum atomic E-state index is 12.8. The molecule has 0 fully saturated rings. The molecule has 2 aromatic carbocycles. The van der Waals surface area contributed by atoms with Crippen molar-refractivity contribution in [2.75, 3.05) is 12.4 Å². The average molecular weight is 316 g/mol. The minimum atomic E-state index is -0.594. The van der Waals surface area contributed by atoms with Crippen LogP contribution in [0.5, 0.6) is 5.75 Å². The first kappa shape index (κ1) is 16.2. The van der Waals surface area contributed by atoms with Crippen molar-refractivity contribution in [3.63, 3.8) is 0 Å². The van der Waals surface area contributed by atoms with Crippen molar-refractivity contribution in [2.45, 2.75) is 0 Å². The van der Waals surface area contributed by atoms with E-state index < -0.39 is 10.8 Å². The second-order valence-corrected chi connectivity index (χ2v) is 4.52. The fourth-order valence-electron chi connectivity index (χ4n) is 1.84. The number of halogens is 1. The van der Waals surface area contributed by atoms with Crippen molar-refractivity contribution in [3.05, 3.63) is 70.0 Å². The molecule has 0 unspecified atom stereocenters. The number of carbonyl (C=O) groups is 1. The zero-order chi connectivity index (χ0) is 16.8. The molecular weight excluding hydrogens is 303 g/mol. The molecule has 2 aromatic rings. The molecule has 0 saturated heterocycles. The summed E-state index contributed by atoms with van der Waals surface area (Å²) in [4.78, 5) is 22.1. The third kappa shape index (κ3) is 4.37. The number of nitro benzene ring substituents is 1. The number of ether oxygens (including phenoxy) is 1. The van der Waals surface area contributed by atoms with Crippen molar-refractivity contribution >= 4 is 23.4 Å². The van der Waals surface area contributed by atoms with Gasteiger partial charge in [0.15, 0.2) is 5.75 Å². The number of carbonyl (C=O) groups excluding carboxylic acids is 1. The van der Waals surface area contributed by atoms with E-state index in [9.17, 15) is 19.3 Å². The zero-order valence-corrected chi connectivity index (χ0v) is 12.2. The van der Waals surface area contributed by atoms with Crippen LogP contribution in [0.1, 0.15) is 5.56 Å². The molecule has 2 rings (SSSR count). The van der Waals surface area contributed by atoms with Crippen molar-refractivity contribution in [1.82, 2.24) is 0 Å². The van der Waals surface area contributed by atoms with E-state index in [1.807, 2.05) is 0 Å². The number of hydrogen-bond acceptors (Lipinski definition) is 4. The Balaban J connectivity index is 2.09. The second-order valence-electron chi connectivity index (χ2n) is 4.52. The molecule has 0 bridgehead atoms. The van der Waals surface area contributed by atoms with E-state index in [2.05, 4.69) is 5.32 Å². The van der Waals surface area contributed by atoms with Gasteiger partial charge in [0.05, 0.1) is 12.0 Å². The van der Waals surface area contributed by atoms with Crippen LogP contribution in [-0.4, -0.2) is 17.9 Å². The van der Waals surface area contributed by atoms with Crippen molar-refractivity contribution in [1.29, 1.82) is 0 Å². The molecule has 1 amide bonds. The van der Waals surface area contributed by atoms with Crippen LogP contribution in [0.2, 0.25) is 0 Å². The average Bonchev–Trinajstić information content (AvgIpc) is 2.54.